The lowest BCUT2D eigenvalue weighted by molar-refractivity contribution is -0.116. The number of rotatable bonds is 8. The second kappa shape index (κ2) is 10.6. The lowest BCUT2D eigenvalue weighted by Crippen LogP contribution is -2.11. The minimum atomic E-state index is 0. The first-order valence-corrected chi connectivity index (χ1v) is 8.76. The molecule has 0 atom stereocenters. The number of aromatic amines is 1. The van der Waals surface area contributed by atoms with Crippen LogP contribution in [-0.2, 0) is 4.79 Å². The highest BCUT2D eigenvalue weighted by Crippen LogP contribution is 2.35. The van der Waals surface area contributed by atoms with Crippen molar-refractivity contribution in [3.63, 3.8) is 0 Å². The molecule has 1 amide bonds. The number of hydrogen-bond donors (Lipinski definition) is 3. The molecule has 2 aromatic rings. The summed E-state index contributed by atoms with van der Waals surface area (Å²) >= 11 is 0. The molecule has 4 N–H and O–H groups in total. The van der Waals surface area contributed by atoms with Crippen LogP contribution in [0.15, 0.2) is 18.2 Å². The van der Waals surface area contributed by atoms with Crippen molar-refractivity contribution in [1.82, 2.24) is 9.97 Å². The number of nitrogens with one attached hydrogen (secondary N) is 2. The van der Waals surface area contributed by atoms with E-state index in [1.807, 2.05) is 18.2 Å². The van der Waals surface area contributed by atoms with E-state index in [-0.39, 0.29) is 30.7 Å². The third-order valence-corrected chi connectivity index (χ3v) is 4.63. The predicted octanol–water partition coefficient (Wildman–Crippen LogP) is 4.52. The average molecular weight is 387 g/mol. The first-order chi connectivity index (χ1) is 11.3. The fourth-order valence-corrected chi connectivity index (χ4v) is 2.99. The molecule has 7 heteroatoms. The van der Waals surface area contributed by atoms with E-state index in [4.69, 9.17) is 5.73 Å². The zero-order valence-electron chi connectivity index (χ0n) is 14.4. The topological polar surface area (TPSA) is 83.8 Å². The number of carbonyl (C=O) groups is 1. The number of H-pyrrole nitrogens is 1. The molecule has 1 heterocycles. The lowest BCUT2D eigenvalue weighted by Gasteiger charge is -2.22. The van der Waals surface area contributed by atoms with Crippen LogP contribution >= 0.6 is 24.8 Å². The number of hydrogen-bond acceptors (Lipinski definition) is 3. The highest BCUT2D eigenvalue weighted by Gasteiger charge is 2.22. The predicted molar refractivity (Wildman–Crippen MR) is 108 cm³/mol. The summed E-state index contributed by atoms with van der Waals surface area (Å²) in [6, 6.07) is 5.89. The van der Waals surface area contributed by atoms with Gasteiger partial charge in [-0.25, -0.2) is 4.98 Å². The van der Waals surface area contributed by atoms with Gasteiger partial charge >= 0.3 is 0 Å². The Morgan fingerprint density at radius 3 is 2.64 bits per heavy atom. The summed E-state index contributed by atoms with van der Waals surface area (Å²) in [5, 5.41) is 2.98. The van der Waals surface area contributed by atoms with E-state index in [0.29, 0.717) is 12.3 Å². The van der Waals surface area contributed by atoms with Crippen molar-refractivity contribution in [2.24, 2.45) is 5.73 Å². The van der Waals surface area contributed by atoms with Crippen molar-refractivity contribution in [3.8, 4) is 0 Å². The number of nitrogens with zero attached hydrogens (tertiary/aromatic N) is 1. The van der Waals surface area contributed by atoms with E-state index >= 15 is 0 Å². The van der Waals surface area contributed by atoms with Crippen molar-refractivity contribution in [2.75, 3.05) is 11.9 Å². The van der Waals surface area contributed by atoms with E-state index in [0.717, 1.165) is 54.8 Å². The molecule has 0 unspecified atom stereocenters. The molecule has 0 spiro atoms. The molecule has 0 radical (unpaired) electrons. The number of amides is 1. The number of nitrogens with two attached hydrogens (primary N) is 1. The van der Waals surface area contributed by atoms with Gasteiger partial charge in [0.1, 0.15) is 5.82 Å². The quantitative estimate of drug-likeness (QED) is 0.582. The van der Waals surface area contributed by atoms with Gasteiger partial charge in [0.05, 0.1) is 11.0 Å². The van der Waals surface area contributed by atoms with Crippen LogP contribution in [0.4, 0.5) is 5.69 Å². The standard InChI is InChI=1S/C18H26N4O.2ClH/c19-11-4-2-1-3-8-17(23)20-14-9-10-15-16(12-14)22-18(21-15)13-6-5-7-13;;/h9-10,12-13H,1-8,11,19H2,(H,20,23)(H,21,22);2*1H. The van der Waals surface area contributed by atoms with Gasteiger partial charge in [-0.05, 0) is 50.4 Å². The molecule has 0 saturated heterocycles. The van der Waals surface area contributed by atoms with Crippen LogP contribution in [0.3, 0.4) is 0 Å². The molecule has 3 rings (SSSR count). The molecular weight excluding hydrogens is 359 g/mol. The molecule has 1 aromatic heterocycles. The van der Waals surface area contributed by atoms with Gasteiger partial charge < -0.3 is 16.0 Å². The average Bonchev–Trinajstić information content (AvgIpc) is 2.87. The lowest BCUT2D eigenvalue weighted by atomic mass is 9.85. The number of halogens is 2. The van der Waals surface area contributed by atoms with Crippen LogP contribution in [-0.4, -0.2) is 22.4 Å². The summed E-state index contributed by atoms with van der Waals surface area (Å²) in [6.07, 6.45) is 8.46. The molecule has 25 heavy (non-hydrogen) atoms. The summed E-state index contributed by atoms with van der Waals surface area (Å²) in [5.41, 5.74) is 8.29. The van der Waals surface area contributed by atoms with E-state index in [1.165, 1.54) is 19.3 Å². The summed E-state index contributed by atoms with van der Waals surface area (Å²) in [5.74, 6) is 1.76. The van der Waals surface area contributed by atoms with Crippen molar-refractivity contribution in [2.45, 2.75) is 57.3 Å². The molecule has 140 valence electrons. The normalized spacial score (nSPS) is 13.6. The maximum atomic E-state index is 12.0. The fraction of sp³-hybridized carbons (Fsp3) is 0.556. The Morgan fingerprint density at radius 1 is 1.20 bits per heavy atom. The zero-order chi connectivity index (χ0) is 16.1. The highest BCUT2D eigenvalue weighted by atomic mass is 35.5. The van der Waals surface area contributed by atoms with Crippen LogP contribution in [0.5, 0.6) is 0 Å². The summed E-state index contributed by atoms with van der Waals surface area (Å²) < 4.78 is 0. The van der Waals surface area contributed by atoms with Gasteiger partial charge in [0.2, 0.25) is 5.91 Å². The fourth-order valence-electron chi connectivity index (χ4n) is 2.99. The van der Waals surface area contributed by atoms with Crippen LogP contribution in [0, 0.1) is 0 Å². The molecule has 1 fully saturated rings. The van der Waals surface area contributed by atoms with Gasteiger partial charge in [-0.3, -0.25) is 4.79 Å². The second-order valence-electron chi connectivity index (χ2n) is 6.48. The van der Waals surface area contributed by atoms with Crippen LogP contribution in [0.2, 0.25) is 0 Å². The Labute approximate surface area is 161 Å². The van der Waals surface area contributed by atoms with Crippen molar-refractivity contribution >= 4 is 47.4 Å². The Morgan fingerprint density at radius 2 is 1.96 bits per heavy atom. The highest BCUT2D eigenvalue weighted by molar-refractivity contribution is 5.93. The van der Waals surface area contributed by atoms with Gasteiger partial charge in [-0.2, -0.15) is 0 Å². The largest absolute Gasteiger partial charge is 0.342 e. The molecule has 1 aliphatic carbocycles. The zero-order valence-corrected chi connectivity index (χ0v) is 16.1. The summed E-state index contributed by atoms with van der Waals surface area (Å²) in [6.45, 7) is 0.735. The van der Waals surface area contributed by atoms with E-state index < -0.39 is 0 Å². The van der Waals surface area contributed by atoms with Gasteiger partial charge in [0, 0.05) is 18.0 Å². The Bertz CT molecular complexity index is 670. The Hall–Kier alpha value is -1.30. The Kier molecular flexibility index (Phi) is 9.25. The molecule has 1 saturated carbocycles. The first kappa shape index (κ1) is 21.7. The number of anilines is 1. The second-order valence-corrected chi connectivity index (χ2v) is 6.48. The molecule has 1 aromatic carbocycles. The van der Waals surface area contributed by atoms with Crippen molar-refractivity contribution in [3.05, 3.63) is 24.0 Å². The molecule has 5 nitrogen and oxygen atoms in total. The van der Waals surface area contributed by atoms with E-state index in [2.05, 4.69) is 15.3 Å². The van der Waals surface area contributed by atoms with Gasteiger partial charge in [0.25, 0.3) is 0 Å². The van der Waals surface area contributed by atoms with Crippen LogP contribution in [0.1, 0.15) is 63.1 Å². The number of carbonyl (C=O) groups excluding carboxylic acids is 1. The third kappa shape index (κ3) is 5.87. The number of imidazole rings is 1. The Balaban J connectivity index is 0.00000156. The first-order valence-electron chi connectivity index (χ1n) is 8.76. The van der Waals surface area contributed by atoms with Crippen molar-refractivity contribution < 1.29 is 4.79 Å². The summed E-state index contributed by atoms with van der Waals surface area (Å²) in [4.78, 5) is 20.0. The SMILES string of the molecule is Cl.Cl.NCCCCCCC(=O)Nc1ccc2nc(C3CCC3)[nH]c2c1. The van der Waals surface area contributed by atoms with E-state index in [9.17, 15) is 4.79 Å². The monoisotopic (exact) mass is 386 g/mol. The molecule has 1 aliphatic rings. The number of benzene rings is 1. The summed E-state index contributed by atoms with van der Waals surface area (Å²) in [7, 11) is 0. The van der Waals surface area contributed by atoms with Crippen LogP contribution in [0.25, 0.3) is 11.0 Å². The number of aromatic nitrogens is 2. The maximum absolute atomic E-state index is 12.0. The van der Waals surface area contributed by atoms with Gasteiger partial charge in [-0.1, -0.05) is 19.3 Å². The number of unbranched alkanes of at least 4 members (excludes halogenated alkanes) is 3. The van der Waals surface area contributed by atoms with Gasteiger partial charge in [-0.15, -0.1) is 24.8 Å². The smallest absolute Gasteiger partial charge is 0.224 e. The van der Waals surface area contributed by atoms with Crippen molar-refractivity contribution in [1.29, 1.82) is 0 Å². The molecule has 0 bridgehead atoms. The minimum Gasteiger partial charge on any atom is -0.342 e. The molecule has 0 aliphatic heterocycles. The minimum absolute atomic E-state index is 0. The van der Waals surface area contributed by atoms with Crippen LogP contribution < -0.4 is 11.1 Å². The number of fused-ring (bicyclic) bond motifs is 1. The third-order valence-electron chi connectivity index (χ3n) is 4.63. The van der Waals surface area contributed by atoms with Gasteiger partial charge in [0.15, 0.2) is 0 Å². The van der Waals surface area contributed by atoms with E-state index in [1.54, 1.807) is 0 Å². The molecular formula is C18H28Cl2N4O. The maximum Gasteiger partial charge on any atom is 0.224 e.